The molecule has 106 valence electrons. The predicted octanol–water partition coefficient (Wildman–Crippen LogP) is 3.01. The zero-order chi connectivity index (χ0) is 14.7. The predicted molar refractivity (Wildman–Crippen MR) is 79.6 cm³/mol. The fourth-order valence-corrected chi connectivity index (χ4v) is 2.86. The molecule has 0 radical (unpaired) electrons. The van der Waals surface area contributed by atoms with Gasteiger partial charge < -0.3 is 15.2 Å². The number of aryl methyl sites for hydroxylation is 2. The molecule has 1 aromatic carbocycles. The summed E-state index contributed by atoms with van der Waals surface area (Å²) >= 11 is 1.66. The van der Waals surface area contributed by atoms with Crippen molar-refractivity contribution in [1.29, 1.82) is 0 Å². The van der Waals surface area contributed by atoms with E-state index in [0.717, 1.165) is 4.88 Å². The van der Waals surface area contributed by atoms with Gasteiger partial charge in [-0.25, -0.2) is 0 Å². The number of benzene rings is 1. The van der Waals surface area contributed by atoms with Crippen LogP contribution in [0.15, 0.2) is 24.3 Å². The summed E-state index contributed by atoms with van der Waals surface area (Å²) in [4.78, 5) is 14.4. The summed E-state index contributed by atoms with van der Waals surface area (Å²) in [5.74, 6) is -0.156. The molecule has 2 rings (SSSR count). The van der Waals surface area contributed by atoms with Crippen LogP contribution in [-0.4, -0.2) is 18.1 Å². The Morgan fingerprint density at radius 3 is 2.75 bits per heavy atom. The van der Waals surface area contributed by atoms with E-state index >= 15 is 0 Å². The molecule has 2 N–H and O–H groups in total. The van der Waals surface area contributed by atoms with Crippen LogP contribution in [0.5, 0.6) is 11.5 Å². The number of phenols is 1. The van der Waals surface area contributed by atoms with E-state index in [1.165, 1.54) is 17.6 Å². The molecule has 0 bridgehead atoms. The number of aromatic hydroxyl groups is 1. The lowest BCUT2D eigenvalue weighted by molar-refractivity contribution is 0.0948. The van der Waals surface area contributed by atoms with Crippen LogP contribution < -0.4 is 10.1 Å². The van der Waals surface area contributed by atoms with E-state index in [1.54, 1.807) is 29.5 Å². The first-order valence-electron chi connectivity index (χ1n) is 6.23. The number of rotatable bonds is 4. The van der Waals surface area contributed by atoms with Gasteiger partial charge in [-0.1, -0.05) is 6.07 Å². The van der Waals surface area contributed by atoms with Crippen LogP contribution in [0, 0.1) is 13.8 Å². The van der Waals surface area contributed by atoms with Crippen molar-refractivity contribution in [2.75, 3.05) is 7.11 Å². The number of methoxy groups -OCH3 is 1. The molecule has 1 aromatic heterocycles. The SMILES string of the molecule is COc1cccc(C(=O)NCc2cc(C)c(C)s2)c1O. The van der Waals surface area contributed by atoms with E-state index in [4.69, 9.17) is 4.74 Å². The van der Waals surface area contributed by atoms with Crippen molar-refractivity contribution >= 4 is 17.2 Å². The molecule has 2 aromatic rings. The second-order valence-corrected chi connectivity index (χ2v) is 5.83. The van der Waals surface area contributed by atoms with Crippen LogP contribution >= 0.6 is 11.3 Å². The highest BCUT2D eigenvalue weighted by molar-refractivity contribution is 7.12. The van der Waals surface area contributed by atoms with E-state index in [1.807, 2.05) is 6.92 Å². The van der Waals surface area contributed by atoms with Crippen LogP contribution in [0.1, 0.15) is 25.7 Å². The van der Waals surface area contributed by atoms with Crippen LogP contribution in [0.4, 0.5) is 0 Å². The Kier molecular flexibility index (Phi) is 4.29. The summed E-state index contributed by atoms with van der Waals surface area (Å²) in [6.07, 6.45) is 0. The maximum absolute atomic E-state index is 12.1. The summed E-state index contributed by atoms with van der Waals surface area (Å²) in [6.45, 7) is 4.55. The Balaban J connectivity index is 2.09. The van der Waals surface area contributed by atoms with E-state index in [0.29, 0.717) is 12.3 Å². The highest BCUT2D eigenvalue weighted by Gasteiger charge is 2.14. The minimum Gasteiger partial charge on any atom is -0.504 e. The number of ether oxygens (including phenoxy) is 1. The van der Waals surface area contributed by atoms with E-state index < -0.39 is 0 Å². The molecule has 0 aliphatic carbocycles. The number of amides is 1. The number of nitrogens with one attached hydrogen (secondary N) is 1. The Labute approximate surface area is 122 Å². The standard InChI is InChI=1S/C15H17NO3S/c1-9-7-11(20-10(9)2)8-16-15(18)12-5-4-6-13(19-3)14(12)17/h4-7,17H,8H2,1-3H3,(H,16,18). The molecule has 4 nitrogen and oxygen atoms in total. The Morgan fingerprint density at radius 2 is 2.15 bits per heavy atom. The van der Waals surface area contributed by atoms with Gasteiger partial charge in [0.25, 0.3) is 5.91 Å². The molecule has 1 amide bonds. The molecule has 20 heavy (non-hydrogen) atoms. The van der Waals surface area contributed by atoms with Gasteiger partial charge in [0.1, 0.15) is 0 Å². The highest BCUT2D eigenvalue weighted by atomic mass is 32.1. The lowest BCUT2D eigenvalue weighted by Gasteiger charge is -2.08. The molecule has 0 saturated carbocycles. The fraction of sp³-hybridized carbons (Fsp3) is 0.267. The number of carbonyl (C=O) groups is 1. The molecule has 0 atom stereocenters. The van der Waals surface area contributed by atoms with Crippen molar-refractivity contribution in [2.24, 2.45) is 0 Å². The van der Waals surface area contributed by atoms with Crippen LogP contribution in [0.25, 0.3) is 0 Å². The molecular weight excluding hydrogens is 274 g/mol. The number of phenolic OH excluding ortho intramolecular Hbond substituents is 1. The van der Waals surface area contributed by atoms with Gasteiger partial charge in [-0.3, -0.25) is 4.79 Å². The van der Waals surface area contributed by atoms with Crippen molar-refractivity contribution in [3.63, 3.8) is 0 Å². The Morgan fingerprint density at radius 1 is 1.40 bits per heavy atom. The molecule has 0 unspecified atom stereocenters. The largest absolute Gasteiger partial charge is 0.504 e. The first-order chi connectivity index (χ1) is 9.52. The van der Waals surface area contributed by atoms with Crippen LogP contribution in [0.3, 0.4) is 0 Å². The third kappa shape index (κ3) is 2.93. The van der Waals surface area contributed by atoms with Gasteiger partial charge in [0.05, 0.1) is 19.2 Å². The van der Waals surface area contributed by atoms with E-state index in [2.05, 4.69) is 18.3 Å². The molecule has 0 aliphatic rings. The van der Waals surface area contributed by atoms with Gasteiger partial charge in [-0.2, -0.15) is 0 Å². The molecule has 0 spiro atoms. The molecule has 0 aliphatic heterocycles. The van der Waals surface area contributed by atoms with Crippen molar-refractivity contribution in [3.8, 4) is 11.5 Å². The minimum absolute atomic E-state index is 0.133. The molecular formula is C15H17NO3S. The van der Waals surface area contributed by atoms with Crippen molar-refractivity contribution < 1.29 is 14.6 Å². The number of hydrogen-bond donors (Lipinski definition) is 2. The number of hydrogen-bond acceptors (Lipinski definition) is 4. The summed E-state index contributed by atoms with van der Waals surface area (Å²) in [5.41, 5.74) is 1.44. The monoisotopic (exact) mass is 291 g/mol. The zero-order valence-electron chi connectivity index (χ0n) is 11.7. The molecule has 0 saturated heterocycles. The normalized spacial score (nSPS) is 10.3. The maximum Gasteiger partial charge on any atom is 0.255 e. The van der Waals surface area contributed by atoms with E-state index in [-0.39, 0.29) is 17.2 Å². The second-order valence-electron chi connectivity index (χ2n) is 4.49. The van der Waals surface area contributed by atoms with Crippen molar-refractivity contribution in [2.45, 2.75) is 20.4 Å². The van der Waals surface area contributed by atoms with Crippen LogP contribution in [-0.2, 0) is 6.54 Å². The average Bonchev–Trinajstić information content (AvgIpc) is 2.75. The summed E-state index contributed by atoms with van der Waals surface area (Å²) < 4.78 is 4.99. The van der Waals surface area contributed by atoms with Crippen LogP contribution in [0.2, 0.25) is 0 Å². The van der Waals surface area contributed by atoms with E-state index in [9.17, 15) is 9.90 Å². The molecule has 1 heterocycles. The minimum atomic E-state index is -0.315. The maximum atomic E-state index is 12.1. The number of carbonyl (C=O) groups excluding carboxylic acids is 1. The summed E-state index contributed by atoms with van der Waals surface area (Å²) in [6, 6.07) is 6.91. The lowest BCUT2D eigenvalue weighted by atomic mass is 10.1. The topological polar surface area (TPSA) is 58.6 Å². The average molecular weight is 291 g/mol. The first kappa shape index (κ1) is 14.4. The van der Waals surface area contributed by atoms with Crippen molar-refractivity contribution in [1.82, 2.24) is 5.32 Å². The highest BCUT2D eigenvalue weighted by Crippen LogP contribution is 2.29. The Hall–Kier alpha value is -2.01. The second kappa shape index (κ2) is 5.96. The molecule has 0 fully saturated rings. The lowest BCUT2D eigenvalue weighted by Crippen LogP contribution is -2.22. The van der Waals surface area contributed by atoms with Gasteiger partial charge in [-0.05, 0) is 37.6 Å². The Bertz CT molecular complexity index is 615. The van der Waals surface area contributed by atoms with Crippen molar-refractivity contribution in [3.05, 3.63) is 45.1 Å². The molecule has 5 heteroatoms. The fourth-order valence-electron chi connectivity index (χ4n) is 1.87. The first-order valence-corrected chi connectivity index (χ1v) is 7.04. The van der Waals surface area contributed by atoms with Gasteiger partial charge >= 0.3 is 0 Å². The third-order valence-corrected chi connectivity index (χ3v) is 4.26. The van der Waals surface area contributed by atoms with Gasteiger partial charge in [-0.15, -0.1) is 11.3 Å². The zero-order valence-corrected chi connectivity index (χ0v) is 12.5. The van der Waals surface area contributed by atoms with Gasteiger partial charge in [0.15, 0.2) is 11.5 Å². The smallest absolute Gasteiger partial charge is 0.255 e. The number of para-hydroxylation sites is 1. The van der Waals surface area contributed by atoms with Gasteiger partial charge in [0.2, 0.25) is 0 Å². The van der Waals surface area contributed by atoms with Gasteiger partial charge in [0, 0.05) is 9.75 Å². The summed E-state index contributed by atoms with van der Waals surface area (Å²) in [5, 5.41) is 12.7. The number of thiophene rings is 1. The summed E-state index contributed by atoms with van der Waals surface area (Å²) in [7, 11) is 1.45. The third-order valence-electron chi connectivity index (χ3n) is 3.10. The quantitative estimate of drug-likeness (QED) is 0.910.